The molecular weight excluding hydrogens is 265 g/mol. The smallest absolute Gasteiger partial charge is 0.319 e. The van der Waals surface area contributed by atoms with Crippen LogP contribution in [-0.2, 0) is 6.18 Å². The first-order valence-corrected chi connectivity index (χ1v) is 6.96. The van der Waals surface area contributed by atoms with Gasteiger partial charge in [-0.25, -0.2) is 0 Å². The lowest BCUT2D eigenvalue weighted by atomic mass is 9.83. The van der Waals surface area contributed by atoms with Gasteiger partial charge in [0.05, 0.1) is 5.56 Å². The number of hydrogen-bond acceptors (Lipinski definition) is 2. The van der Waals surface area contributed by atoms with Crippen molar-refractivity contribution in [3.05, 3.63) is 35.4 Å². The van der Waals surface area contributed by atoms with E-state index in [-0.39, 0.29) is 12.0 Å². The molecule has 2 rings (SSSR count). The maximum Gasteiger partial charge on any atom is 0.416 e. The van der Waals surface area contributed by atoms with Crippen molar-refractivity contribution < 1.29 is 13.2 Å². The summed E-state index contributed by atoms with van der Waals surface area (Å²) in [5.41, 5.74) is -0.0951. The number of rotatable bonds is 3. The molecule has 0 spiro atoms. The van der Waals surface area contributed by atoms with E-state index in [1.807, 2.05) is 14.1 Å². The molecule has 112 valence electrons. The highest BCUT2D eigenvalue weighted by molar-refractivity contribution is 5.33. The molecule has 20 heavy (non-hydrogen) atoms. The lowest BCUT2D eigenvalue weighted by molar-refractivity contribution is -0.139. The van der Waals surface area contributed by atoms with Crippen LogP contribution in [0.3, 0.4) is 0 Å². The minimum absolute atomic E-state index is 0.172. The molecular formula is C15H21F3N2. The fourth-order valence-electron chi connectivity index (χ4n) is 3.24. The Morgan fingerprint density at radius 2 is 2.00 bits per heavy atom. The molecule has 2 nitrogen and oxygen atoms in total. The highest BCUT2D eigenvalue weighted by Crippen LogP contribution is 2.41. The molecule has 1 aliphatic heterocycles. The Labute approximate surface area is 118 Å². The fraction of sp³-hybridized carbons (Fsp3) is 0.600. The minimum atomic E-state index is -4.29. The number of nitrogens with one attached hydrogen (secondary N) is 1. The lowest BCUT2D eigenvalue weighted by Crippen LogP contribution is -2.40. The third-order valence-corrected chi connectivity index (χ3v) is 4.06. The summed E-state index contributed by atoms with van der Waals surface area (Å²) in [6, 6.07) is 5.80. The normalized spacial score (nSPS) is 24.9. The van der Waals surface area contributed by atoms with Crippen molar-refractivity contribution in [3.8, 4) is 0 Å². The quantitative estimate of drug-likeness (QED) is 0.917. The Morgan fingerprint density at radius 3 is 2.65 bits per heavy atom. The number of nitrogens with zero attached hydrogens (tertiary/aromatic N) is 1. The average molecular weight is 286 g/mol. The van der Waals surface area contributed by atoms with Crippen LogP contribution < -0.4 is 5.32 Å². The molecule has 0 aromatic heterocycles. The molecule has 1 aromatic carbocycles. The maximum absolute atomic E-state index is 13.2. The third-order valence-electron chi connectivity index (χ3n) is 4.06. The highest BCUT2D eigenvalue weighted by atomic mass is 19.4. The zero-order valence-corrected chi connectivity index (χ0v) is 11.9. The molecule has 0 aliphatic carbocycles. The van der Waals surface area contributed by atoms with E-state index in [2.05, 4.69) is 10.2 Å². The van der Waals surface area contributed by atoms with Crippen molar-refractivity contribution in [2.75, 3.05) is 27.2 Å². The summed E-state index contributed by atoms with van der Waals surface area (Å²) >= 11 is 0. The molecule has 5 heteroatoms. The zero-order valence-electron chi connectivity index (χ0n) is 11.9. The third kappa shape index (κ3) is 3.15. The van der Waals surface area contributed by atoms with Crippen molar-refractivity contribution in [1.29, 1.82) is 0 Å². The van der Waals surface area contributed by atoms with E-state index in [0.29, 0.717) is 5.56 Å². The highest BCUT2D eigenvalue weighted by Gasteiger charge is 2.39. The SMILES string of the molecule is CNCC1CCCN(C)C1c1ccccc1C(F)(F)F. The molecule has 1 fully saturated rings. The number of benzene rings is 1. The number of alkyl halides is 3. The Bertz CT molecular complexity index is 443. The monoisotopic (exact) mass is 286 g/mol. The Balaban J connectivity index is 2.41. The first kappa shape index (κ1) is 15.3. The van der Waals surface area contributed by atoms with E-state index >= 15 is 0 Å². The largest absolute Gasteiger partial charge is 0.416 e. The van der Waals surface area contributed by atoms with Gasteiger partial charge in [0.15, 0.2) is 0 Å². The van der Waals surface area contributed by atoms with Gasteiger partial charge in [0.1, 0.15) is 0 Å². The number of hydrogen-bond donors (Lipinski definition) is 1. The van der Waals surface area contributed by atoms with E-state index < -0.39 is 11.7 Å². The average Bonchev–Trinajstić information content (AvgIpc) is 2.38. The van der Waals surface area contributed by atoms with Crippen molar-refractivity contribution >= 4 is 0 Å². The zero-order chi connectivity index (χ0) is 14.8. The van der Waals surface area contributed by atoms with Crippen LogP contribution in [0.4, 0.5) is 13.2 Å². The van der Waals surface area contributed by atoms with Crippen molar-refractivity contribution in [1.82, 2.24) is 10.2 Å². The van der Waals surface area contributed by atoms with Gasteiger partial charge in [0.25, 0.3) is 0 Å². The number of likely N-dealkylation sites (tertiary alicyclic amines) is 1. The molecule has 1 heterocycles. The molecule has 0 bridgehead atoms. The molecule has 2 unspecified atom stereocenters. The Hall–Kier alpha value is -1.07. The topological polar surface area (TPSA) is 15.3 Å². The van der Waals surface area contributed by atoms with Gasteiger partial charge in [-0.15, -0.1) is 0 Å². The van der Waals surface area contributed by atoms with Crippen LogP contribution in [-0.4, -0.2) is 32.1 Å². The maximum atomic E-state index is 13.2. The van der Waals surface area contributed by atoms with Crippen LogP contribution in [0.5, 0.6) is 0 Å². The Morgan fingerprint density at radius 1 is 1.30 bits per heavy atom. The molecule has 1 aromatic rings. The van der Waals surface area contributed by atoms with Gasteiger partial charge in [-0.1, -0.05) is 18.2 Å². The Kier molecular flexibility index (Phi) is 4.70. The summed E-state index contributed by atoms with van der Waals surface area (Å²) in [4.78, 5) is 2.05. The summed E-state index contributed by atoms with van der Waals surface area (Å²) in [6.45, 7) is 1.58. The predicted molar refractivity (Wildman–Crippen MR) is 73.5 cm³/mol. The molecule has 1 aliphatic rings. The van der Waals surface area contributed by atoms with Gasteiger partial charge in [-0.3, -0.25) is 4.90 Å². The van der Waals surface area contributed by atoms with Crippen LogP contribution in [0, 0.1) is 5.92 Å². The summed E-state index contributed by atoms with van der Waals surface area (Å²) in [6.07, 6.45) is -2.30. The van der Waals surface area contributed by atoms with Gasteiger partial charge in [0, 0.05) is 6.04 Å². The molecule has 0 amide bonds. The summed E-state index contributed by atoms with van der Waals surface area (Å²) in [5.74, 6) is 0.210. The first-order valence-electron chi connectivity index (χ1n) is 6.96. The number of piperidine rings is 1. The second-order valence-electron chi connectivity index (χ2n) is 5.47. The molecule has 2 atom stereocenters. The van der Waals surface area contributed by atoms with Crippen molar-refractivity contribution in [3.63, 3.8) is 0 Å². The second-order valence-corrected chi connectivity index (χ2v) is 5.47. The van der Waals surface area contributed by atoms with Crippen molar-refractivity contribution in [2.24, 2.45) is 5.92 Å². The van der Waals surface area contributed by atoms with Gasteiger partial charge < -0.3 is 5.32 Å². The number of halogens is 3. The van der Waals surface area contributed by atoms with E-state index in [4.69, 9.17) is 0 Å². The van der Waals surface area contributed by atoms with Gasteiger partial charge in [-0.2, -0.15) is 13.2 Å². The van der Waals surface area contributed by atoms with E-state index in [1.165, 1.54) is 12.1 Å². The van der Waals surface area contributed by atoms with E-state index in [9.17, 15) is 13.2 Å². The predicted octanol–water partition coefficient (Wildman–Crippen LogP) is 3.31. The van der Waals surface area contributed by atoms with Gasteiger partial charge in [0.2, 0.25) is 0 Å². The van der Waals surface area contributed by atoms with E-state index in [0.717, 1.165) is 25.9 Å². The van der Waals surface area contributed by atoms with Gasteiger partial charge in [-0.05, 0) is 57.6 Å². The molecule has 1 saturated heterocycles. The summed E-state index contributed by atoms with van der Waals surface area (Å²) < 4.78 is 39.6. The minimum Gasteiger partial charge on any atom is -0.319 e. The standard InChI is InChI=1S/C15H21F3N2/c1-19-10-11-6-5-9-20(2)14(11)12-7-3-4-8-13(12)15(16,17)18/h3-4,7-8,11,14,19H,5-6,9-10H2,1-2H3. The van der Waals surface area contributed by atoms with Crippen LogP contribution in [0.25, 0.3) is 0 Å². The molecule has 0 saturated carbocycles. The first-order chi connectivity index (χ1) is 9.45. The van der Waals surface area contributed by atoms with Crippen LogP contribution in [0.1, 0.15) is 30.0 Å². The lowest BCUT2D eigenvalue weighted by Gasteiger charge is -2.40. The van der Waals surface area contributed by atoms with E-state index in [1.54, 1.807) is 12.1 Å². The van der Waals surface area contributed by atoms with Crippen LogP contribution in [0.15, 0.2) is 24.3 Å². The van der Waals surface area contributed by atoms with Gasteiger partial charge >= 0.3 is 6.18 Å². The second kappa shape index (κ2) is 6.14. The van der Waals surface area contributed by atoms with Crippen molar-refractivity contribution in [2.45, 2.75) is 25.1 Å². The molecule has 0 radical (unpaired) electrons. The summed E-state index contributed by atoms with van der Waals surface area (Å²) in [5, 5.41) is 3.11. The van der Waals surface area contributed by atoms with Crippen LogP contribution in [0.2, 0.25) is 0 Å². The van der Waals surface area contributed by atoms with Crippen LogP contribution >= 0.6 is 0 Å². The molecule has 1 N–H and O–H groups in total. The fourth-order valence-corrected chi connectivity index (χ4v) is 3.24. The summed E-state index contributed by atoms with van der Waals surface area (Å²) in [7, 11) is 3.76.